The number of aryl methyl sites for hydroxylation is 1. The number of nitrogens with one attached hydrogen (secondary N) is 1. The summed E-state index contributed by atoms with van der Waals surface area (Å²) in [6.07, 6.45) is 1.09. The third-order valence-corrected chi connectivity index (χ3v) is 2.84. The number of rotatable bonds is 7. The number of halogens is 1. The van der Waals surface area contributed by atoms with E-state index in [4.69, 9.17) is 16.3 Å². The second-order valence-electron chi connectivity index (χ2n) is 5.46. The molecule has 1 aromatic rings. The Labute approximate surface area is 120 Å². The van der Waals surface area contributed by atoms with Crippen LogP contribution in [0, 0.1) is 12.8 Å². The summed E-state index contributed by atoms with van der Waals surface area (Å²) in [5.74, 6) is 2.30. The predicted molar refractivity (Wildman–Crippen MR) is 80.1 cm³/mol. The lowest BCUT2D eigenvalue weighted by Gasteiger charge is -2.19. The van der Waals surface area contributed by atoms with Crippen molar-refractivity contribution in [3.8, 4) is 5.88 Å². The smallest absolute Gasteiger partial charge is 0.226 e. The first-order chi connectivity index (χ1) is 8.90. The zero-order valence-corrected chi connectivity index (χ0v) is 13.2. The molecule has 0 saturated heterocycles. The fourth-order valence-electron chi connectivity index (χ4n) is 1.82. The number of hydrogen-bond donors (Lipinski definition) is 1. The van der Waals surface area contributed by atoms with Gasteiger partial charge in [0.25, 0.3) is 0 Å². The lowest BCUT2D eigenvalue weighted by Crippen LogP contribution is -2.25. The van der Waals surface area contributed by atoms with Gasteiger partial charge in [0.15, 0.2) is 0 Å². The Morgan fingerprint density at radius 1 is 1.26 bits per heavy atom. The highest BCUT2D eigenvalue weighted by molar-refractivity contribution is 6.18. The molecule has 0 aliphatic carbocycles. The minimum Gasteiger partial charge on any atom is -0.475 e. The Morgan fingerprint density at radius 2 is 1.95 bits per heavy atom. The van der Waals surface area contributed by atoms with Gasteiger partial charge in [-0.3, -0.25) is 0 Å². The maximum atomic E-state index is 5.98. The van der Waals surface area contributed by atoms with E-state index in [1.165, 1.54) is 0 Å². The molecule has 1 aromatic heterocycles. The van der Waals surface area contributed by atoms with Gasteiger partial charge in [-0.1, -0.05) is 13.8 Å². The van der Waals surface area contributed by atoms with E-state index in [1.54, 1.807) is 0 Å². The van der Waals surface area contributed by atoms with Gasteiger partial charge in [0.1, 0.15) is 0 Å². The molecule has 0 aliphatic rings. The molecular formula is C14H24ClN3O. The highest BCUT2D eigenvalue weighted by Gasteiger charge is 2.12. The number of nitrogens with zero attached hydrogens (tertiary/aromatic N) is 2. The molecular weight excluding hydrogens is 262 g/mol. The quantitative estimate of drug-likeness (QED) is 0.777. The van der Waals surface area contributed by atoms with Crippen molar-refractivity contribution in [2.75, 3.05) is 11.2 Å². The van der Waals surface area contributed by atoms with Crippen molar-refractivity contribution in [3.63, 3.8) is 0 Å². The van der Waals surface area contributed by atoms with E-state index in [9.17, 15) is 0 Å². The summed E-state index contributed by atoms with van der Waals surface area (Å²) in [5.41, 5.74) is 0.881. The summed E-state index contributed by atoms with van der Waals surface area (Å²) in [4.78, 5) is 8.74. The molecule has 108 valence electrons. The molecule has 1 N–H and O–H groups in total. The van der Waals surface area contributed by atoms with Gasteiger partial charge in [0.05, 0.1) is 6.10 Å². The molecule has 0 saturated carbocycles. The maximum Gasteiger partial charge on any atom is 0.226 e. The Morgan fingerprint density at radius 3 is 2.47 bits per heavy atom. The SMILES string of the molecule is Cc1cc(OC(C)C)nc(NC(CCl)CC(C)C)n1. The second-order valence-corrected chi connectivity index (χ2v) is 5.77. The maximum absolute atomic E-state index is 5.98. The molecule has 4 nitrogen and oxygen atoms in total. The van der Waals surface area contributed by atoms with Crippen LogP contribution in [0.2, 0.25) is 0 Å². The summed E-state index contributed by atoms with van der Waals surface area (Å²) in [6.45, 7) is 10.2. The van der Waals surface area contributed by atoms with Crippen LogP contribution in [0.25, 0.3) is 0 Å². The van der Waals surface area contributed by atoms with E-state index in [2.05, 4.69) is 29.1 Å². The number of anilines is 1. The third-order valence-electron chi connectivity index (χ3n) is 2.46. The van der Waals surface area contributed by atoms with E-state index in [1.807, 2.05) is 26.8 Å². The van der Waals surface area contributed by atoms with Gasteiger partial charge in [-0.05, 0) is 33.1 Å². The van der Waals surface area contributed by atoms with Crippen LogP contribution in [-0.2, 0) is 0 Å². The van der Waals surface area contributed by atoms with Gasteiger partial charge in [-0.25, -0.2) is 4.98 Å². The van der Waals surface area contributed by atoms with Gasteiger partial charge in [0, 0.05) is 23.7 Å². The first-order valence-corrected chi connectivity index (χ1v) is 7.29. The van der Waals surface area contributed by atoms with Gasteiger partial charge in [0.2, 0.25) is 11.8 Å². The van der Waals surface area contributed by atoms with Gasteiger partial charge in [-0.15, -0.1) is 11.6 Å². The minimum absolute atomic E-state index is 0.0987. The van der Waals surface area contributed by atoms with Gasteiger partial charge >= 0.3 is 0 Å². The second kappa shape index (κ2) is 7.53. The molecule has 1 atom stereocenters. The average Bonchev–Trinajstić information content (AvgIpc) is 2.25. The van der Waals surface area contributed by atoms with E-state index in [0.717, 1.165) is 12.1 Å². The van der Waals surface area contributed by atoms with Gasteiger partial charge < -0.3 is 10.1 Å². The fourth-order valence-corrected chi connectivity index (χ4v) is 2.02. The monoisotopic (exact) mass is 285 g/mol. The summed E-state index contributed by atoms with van der Waals surface area (Å²) < 4.78 is 5.61. The highest BCUT2D eigenvalue weighted by atomic mass is 35.5. The molecule has 19 heavy (non-hydrogen) atoms. The van der Waals surface area contributed by atoms with Crippen molar-refractivity contribution in [2.24, 2.45) is 5.92 Å². The molecule has 0 aromatic carbocycles. The summed E-state index contributed by atoms with van der Waals surface area (Å²) in [6, 6.07) is 2.01. The van der Waals surface area contributed by atoms with Gasteiger partial charge in [-0.2, -0.15) is 4.98 Å². The molecule has 1 heterocycles. The predicted octanol–water partition coefficient (Wildman–Crippen LogP) is 3.64. The van der Waals surface area contributed by atoms with Crippen molar-refractivity contribution in [1.82, 2.24) is 9.97 Å². The lowest BCUT2D eigenvalue weighted by molar-refractivity contribution is 0.232. The Kier molecular flexibility index (Phi) is 6.35. The van der Waals surface area contributed by atoms with E-state index < -0.39 is 0 Å². The van der Waals surface area contributed by atoms with E-state index in [0.29, 0.717) is 23.6 Å². The normalized spacial score (nSPS) is 12.8. The van der Waals surface area contributed by atoms with Crippen LogP contribution < -0.4 is 10.1 Å². The van der Waals surface area contributed by atoms with Crippen LogP contribution in [-0.4, -0.2) is 28.0 Å². The first kappa shape index (κ1) is 16.0. The molecule has 0 radical (unpaired) electrons. The highest BCUT2D eigenvalue weighted by Crippen LogP contribution is 2.16. The molecule has 5 heteroatoms. The molecule has 0 aliphatic heterocycles. The largest absolute Gasteiger partial charge is 0.475 e. The third kappa shape index (κ3) is 6.10. The van der Waals surface area contributed by atoms with Crippen LogP contribution in [0.5, 0.6) is 5.88 Å². The minimum atomic E-state index is 0.0987. The van der Waals surface area contributed by atoms with Crippen LogP contribution in [0.1, 0.15) is 39.8 Å². The number of alkyl halides is 1. The van der Waals surface area contributed by atoms with Crippen molar-refractivity contribution in [1.29, 1.82) is 0 Å². The van der Waals surface area contributed by atoms with Crippen LogP contribution >= 0.6 is 11.6 Å². The number of aromatic nitrogens is 2. The first-order valence-electron chi connectivity index (χ1n) is 6.75. The zero-order valence-electron chi connectivity index (χ0n) is 12.4. The summed E-state index contributed by atoms with van der Waals surface area (Å²) >= 11 is 5.98. The van der Waals surface area contributed by atoms with Crippen molar-refractivity contribution >= 4 is 17.5 Å². The summed E-state index contributed by atoms with van der Waals surface area (Å²) in [5, 5.41) is 3.28. The number of hydrogen-bond acceptors (Lipinski definition) is 4. The van der Waals surface area contributed by atoms with Crippen LogP contribution in [0.15, 0.2) is 6.07 Å². The summed E-state index contributed by atoms with van der Waals surface area (Å²) in [7, 11) is 0. The van der Waals surface area contributed by atoms with E-state index in [-0.39, 0.29) is 12.1 Å². The average molecular weight is 286 g/mol. The standard InChI is InChI=1S/C14H24ClN3O/c1-9(2)6-12(8-15)17-14-16-11(5)7-13(18-14)19-10(3)4/h7,9-10,12H,6,8H2,1-5H3,(H,16,17,18). The Hall–Kier alpha value is -1.03. The fraction of sp³-hybridized carbons (Fsp3) is 0.714. The van der Waals surface area contributed by atoms with Crippen LogP contribution in [0.3, 0.4) is 0 Å². The number of ether oxygens (including phenoxy) is 1. The lowest BCUT2D eigenvalue weighted by atomic mass is 10.1. The molecule has 1 unspecified atom stereocenters. The molecule has 0 fully saturated rings. The topological polar surface area (TPSA) is 47.0 Å². The molecule has 0 spiro atoms. The molecule has 1 rings (SSSR count). The van der Waals surface area contributed by atoms with Crippen molar-refractivity contribution < 1.29 is 4.74 Å². The molecule has 0 bridgehead atoms. The van der Waals surface area contributed by atoms with Crippen LogP contribution in [0.4, 0.5) is 5.95 Å². The van der Waals surface area contributed by atoms with E-state index >= 15 is 0 Å². The van der Waals surface area contributed by atoms with Crippen molar-refractivity contribution in [3.05, 3.63) is 11.8 Å². The molecule has 0 amide bonds. The van der Waals surface area contributed by atoms with Crippen molar-refractivity contribution in [2.45, 2.75) is 53.2 Å². The Balaban J connectivity index is 2.78. The Bertz CT molecular complexity index is 396. The zero-order chi connectivity index (χ0) is 14.4.